The first-order valence-corrected chi connectivity index (χ1v) is 3.66. The lowest BCUT2D eigenvalue weighted by Crippen LogP contribution is -2.12. The smallest absolute Gasteiger partial charge is 0.252 e. The van der Waals surface area contributed by atoms with Crippen LogP contribution in [-0.2, 0) is 4.79 Å². The molecule has 1 aliphatic carbocycles. The second-order valence-electron chi connectivity index (χ2n) is 2.82. The SMILES string of the molecule is C=C1NC(=O)C2=CC=CCC12. The normalized spacial score (nSPS) is 28.0. The molecule has 11 heavy (non-hydrogen) atoms. The van der Waals surface area contributed by atoms with Crippen LogP contribution in [0.1, 0.15) is 6.42 Å². The van der Waals surface area contributed by atoms with Gasteiger partial charge in [-0.25, -0.2) is 0 Å². The standard InChI is InChI=1S/C9H9NO/c1-6-7-4-2-3-5-8(7)9(11)10-6/h2-3,5,7H,1,4H2,(H,10,11). The van der Waals surface area contributed by atoms with Crippen molar-refractivity contribution in [1.29, 1.82) is 0 Å². The van der Waals surface area contributed by atoms with Crippen LogP contribution in [0.25, 0.3) is 0 Å². The summed E-state index contributed by atoms with van der Waals surface area (Å²) in [5, 5.41) is 2.72. The average Bonchev–Trinajstić information content (AvgIpc) is 2.30. The van der Waals surface area contributed by atoms with Crippen molar-refractivity contribution in [2.24, 2.45) is 5.92 Å². The molecule has 1 atom stereocenters. The number of carbonyl (C=O) groups excluding carboxylic acids is 1. The topological polar surface area (TPSA) is 29.1 Å². The van der Waals surface area contributed by atoms with Crippen LogP contribution in [-0.4, -0.2) is 5.91 Å². The molecule has 0 radical (unpaired) electrons. The number of hydrogen-bond acceptors (Lipinski definition) is 1. The predicted octanol–water partition coefficient (Wildman–Crippen LogP) is 1.13. The van der Waals surface area contributed by atoms with E-state index in [0.29, 0.717) is 0 Å². The van der Waals surface area contributed by atoms with E-state index in [-0.39, 0.29) is 11.8 Å². The number of rotatable bonds is 0. The van der Waals surface area contributed by atoms with Crippen molar-refractivity contribution in [2.75, 3.05) is 0 Å². The van der Waals surface area contributed by atoms with Crippen molar-refractivity contribution in [3.8, 4) is 0 Å². The molecule has 0 aromatic rings. The van der Waals surface area contributed by atoms with Crippen LogP contribution in [0.15, 0.2) is 36.1 Å². The van der Waals surface area contributed by atoms with Crippen LogP contribution >= 0.6 is 0 Å². The van der Waals surface area contributed by atoms with Gasteiger partial charge in [-0.1, -0.05) is 24.8 Å². The third-order valence-corrected chi connectivity index (χ3v) is 2.12. The summed E-state index contributed by atoms with van der Waals surface area (Å²) in [7, 11) is 0. The highest BCUT2D eigenvalue weighted by Crippen LogP contribution is 2.30. The Morgan fingerprint density at radius 2 is 2.45 bits per heavy atom. The zero-order chi connectivity index (χ0) is 7.84. The number of hydrogen-bond donors (Lipinski definition) is 1. The number of fused-ring (bicyclic) bond motifs is 1. The Bertz CT molecular complexity index is 286. The van der Waals surface area contributed by atoms with Gasteiger partial charge in [0.05, 0.1) is 0 Å². The molecule has 1 N–H and O–H groups in total. The summed E-state index contributed by atoms with van der Waals surface area (Å²) in [4.78, 5) is 11.1. The molecular weight excluding hydrogens is 138 g/mol. The van der Waals surface area contributed by atoms with E-state index in [1.54, 1.807) is 0 Å². The van der Waals surface area contributed by atoms with E-state index in [9.17, 15) is 4.79 Å². The van der Waals surface area contributed by atoms with E-state index in [2.05, 4.69) is 18.0 Å². The first-order chi connectivity index (χ1) is 5.29. The second kappa shape index (κ2) is 2.09. The molecule has 0 aromatic carbocycles. The fourth-order valence-electron chi connectivity index (χ4n) is 1.50. The van der Waals surface area contributed by atoms with Crippen molar-refractivity contribution in [2.45, 2.75) is 6.42 Å². The molecule has 0 bridgehead atoms. The molecule has 1 fully saturated rings. The third-order valence-electron chi connectivity index (χ3n) is 2.12. The van der Waals surface area contributed by atoms with Gasteiger partial charge >= 0.3 is 0 Å². The lowest BCUT2D eigenvalue weighted by molar-refractivity contribution is -0.115. The summed E-state index contributed by atoms with van der Waals surface area (Å²) in [6.07, 6.45) is 6.74. The van der Waals surface area contributed by atoms with E-state index in [0.717, 1.165) is 17.7 Å². The number of carbonyl (C=O) groups is 1. The van der Waals surface area contributed by atoms with Gasteiger partial charge in [-0.2, -0.15) is 0 Å². The third kappa shape index (κ3) is 0.827. The van der Waals surface area contributed by atoms with Gasteiger partial charge < -0.3 is 5.32 Å². The summed E-state index contributed by atoms with van der Waals surface area (Å²) in [6.45, 7) is 3.78. The Labute approximate surface area is 65.3 Å². The molecule has 0 aromatic heterocycles. The molecule has 1 amide bonds. The van der Waals surface area contributed by atoms with Crippen LogP contribution in [0.2, 0.25) is 0 Å². The van der Waals surface area contributed by atoms with Crippen molar-refractivity contribution >= 4 is 5.91 Å². The van der Waals surface area contributed by atoms with Crippen LogP contribution in [0.4, 0.5) is 0 Å². The minimum atomic E-state index is 0.0179. The molecular formula is C9H9NO. The lowest BCUT2D eigenvalue weighted by Gasteiger charge is -2.09. The largest absolute Gasteiger partial charge is 0.326 e. The zero-order valence-corrected chi connectivity index (χ0v) is 6.13. The number of nitrogens with one attached hydrogen (secondary N) is 1. The van der Waals surface area contributed by atoms with Crippen molar-refractivity contribution in [3.63, 3.8) is 0 Å². The summed E-state index contributed by atoms with van der Waals surface area (Å²) < 4.78 is 0. The predicted molar refractivity (Wildman–Crippen MR) is 42.6 cm³/mol. The molecule has 2 rings (SSSR count). The van der Waals surface area contributed by atoms with Crippen LogP contribution < -0.4 is 5.32 Å². The lowest BCUT2D eigenvalue weighted by atomic mass is 9.93. The monoisotopic (exact) mass is 147 g/mol. The molecule has 1 saturated heterocycles. The fraction of sp³-hybridized carbons (Fsp3) is 0.222. The van der Waals surface area contributed by atoms with E-state index in [4.69, 9.17) is 0 Å². The highest BCUT2D eigenvalue weighted by Gasteiger charge is 2.31. The molecule has 2 aliphatic rings. The molecule has 2 heteroatoms. The Balaban J connectivity index is 2.42. The number of allylic oxidation sites excluding steroid dienone is 4. The van der Waals surface area contributed by atoms with Crippen LogP contribution in [0.3, 0.4) is 0 Å². The van der Waals surface area contributed by atoms with Gasteiger partial charge in [0.2, 0.25) is 0 Å². The van der Waals surface area contributed by atoms with Gasteiger partial charge in [0.1, 0.15) is 0 Å². The van der Waals surface area contributed by atoms with Gasteiger partial charge in [-0.3, -0.25) is 4.79 Å². The molecule has 0 spiro atoms. The maximum absolute atomic E-state index is 11.1. The van der Waals surface area contributed by atoms with E-state index < -0.39 is 0 Å². The molecule has 0 saturated carbocycles. The van der Waals surface area contributed by atoms with Crippen molar-refractivity contribution < 1.29 is 4.79 Å². The molecule has 1 aliphatic heterocycles. The number of amides is 1. The Morgan fingerprint density at radius 1 is 1.64 bits per heavy atom. The fourth-order valence-corrected chi connectivity index (χ4v) is 1.50. The summed E-state index contributed by atoms with van der Waals surface area (Å²) in [6, 6.07) is 0. The maximum atomic E-state index is 11.1. The van der Waals surface area contributed by atoms with Gasteiger partial charge in [0.15, 0.2) is 0 Å². The highest BCUT2D eigenvalue weighted by atomic mass is 16.2. The summed E-state index contributed by atoms with van der Waals surface area (Å²) in [5.41, 5.74) is 1.70. The quantitative estimate of drug-likeness (QED) is 0.546. The summed E-state index contributed by atoms with van der Waals surface area (Å²) in [5.74, 6) is 0.247. The maximum Gasteiger partial charge on any atom is 0.252 e. The van der Waals surface area contributed by atoms with Crippen LogP contribution in [0, 0.1) is 5.92 Å². The Hall–Kier alpha value is -1.31. The average molecular weight is 147 g/mol. The molecule has 56 valence electrons. The van der Waals surface area contributed by atoms with Gasteiger partial charge in [0.25, 0.3) is 5.91 Å². The molecule has 1 heterocycles. The van der Waals surface area contributed by atoms with Gasteiger partial charge in [-0.15, -0.1) is 0 Å². The van der Waals surface area contributed by atoms with Crippen molar-refractivity contribution in [3.05, 3.63) is 36.1 Å². The van der Waals surface area contributed by atoms with E-state index in [1.165, 1.54) is 0 Å². The van der Waals surface area contributed by atoms with E-state index in [1.807, 2.05) is 12.2 Å². The minimum absolute atomic E-state index is 0.0179. The van der Waals surface area contributed by atoms with Gasteiger partial charge in [-0.05, 0) is 6.42 Å². The molecule has 2 nitrogen and oxygen atoms in total. The zero-order valence-electron chi connectivity index (χ0n) is 6.13. The summed E-state index contributed by atoms with van der Waals surface area (Å²) >= 11 is 0. The van der Waals surface area contributed by atoms with Crippen molar-refractivity contribution in [1.82, 2.24) is 5.32 Å². The second-order valence-corrected chi connectivity index (χ2v) is 2.82. The first-order valence-electron chi connectivity index (χ1n) is 3.66. The van der Waals surface area contributed by atoms with Crippen LogP contribution in [0.5, 0.6) is 0 Å². The first kappa shape index (κ1) is 6.40. The minimum Gasteiger partial charge on any atom is -0.326 e. The highest BCUT2D eigenvalue weighted by molar-refractivity contribution is 5.99. The Morgan fingerprint density at radius 3 is 3.18 bits per heavy atom. The van der Waals surface area contributed by atoms with E-state index >= 15 is 0 Å². The van der Waals surface area contributed by atoms with Gasteiger partial charge in [0, 0.05) is 17.2 Å². The Kier molecular flexibility index (Phi) is 1.22. The molecule has 1 unspecified atom stereocenters.